The summed E-state index contributed by atoms with van der Waals surface area (Å²) in [5.41, 5.74) is 1.84. The quantitative estimate of drug-likeness (QED) is 0.881. The highest BCUT2D eigenvalue weighted by atomic mass is 19.1. The van der Waals surface area contributed by atoms with Gasteiger partial charge in [0, 0.05) is 44.4 Å². The van der Waals surface area contributed by atoms with Gasteiger partial charge in [-0.25, -0.2) is 4.39 Å². The standard InChI is InChI=1S/C21H22FN3O3/c1-15(26)23-19-4-2-3-17(14-19)21(28)25-11-9-24(10-12-25)20(27)13-16-5-7-18(22)8-6-16/h2-8,14H,9-13H2,1H3,(H,23,26). The smallest absolute Gasteiger partial charge is 0.254 e. The SMILES string of the molecule is CC(=O)Nc1cccc(C(=O)N2CCN(C(=O)Cc3ccc(F)cc3)CC2)c1. The summed E-state index contributed by atoms with van der Waals surface area (Å²) < 4.78 is 13.0. The summed E-state index contributed by atoms with van der Waals surface area (Å²) in [5, 5.41) is 2.67. The zero-order chi connectivity index (χ0) is 20.1. The first-order valence-corrected chi connectivity index (χ1v) is 9.11. The maximum Gasteiger partial charge on any atom is 0.254 e. The molecule has 2 aromatic carbocycles. The van der Waals surface area contributed by atoms with Crippen LogP contribution in [-0.2, 0) is 16.0 Å². The minimum Gasteiger partial charge on any atom is -0.339 e. The van der Waals surface area contributed by atoms with Crippen LogP contribution >= 0.6 is 0 Å². The minimum absolute atomic E-state index is 0.0358. The van der Waals surface area contributed by atoms with E-state index in [0.29, 0.717) is 37.4 Å². The number of piperazine rings is 1. The van der Waals surface area contributed by atoms with E-state index in [9.17, 15) is 18.8 Å². The Labute approximate surface area is 162 Å². The van der Waals surface area contributed by atoms with Gasteiger partial charge in [0.1, 0.15) is 5.82 Å². The second-order valence-electron chi connectivity index (χ2n) is 6.74. The molecule has 0 radical (unpaired) electrons. The molecule has 6 nitrogen and oxygen atoms in total. The van der Waals surface area contributed by atoms with Gasteiger partial charge in [0.05, 0.1) is 6.42 Å². The molecule has 3 amide bonds. The second-order valence-corrected chi connectivity index (χ2v) is 6.74. The normalized spacial score (nSPS) is 13.9. The molecular formula is C21H22FN3O3. The Morgan fingerprint density at radius 1 is 0.964 bits per heavy atom. The van der Waals surface area contributed by atoms with Crippen molar-refractivity contribution in [3.8, 4) is 0 Å². The number of benzene rings is 2. The molecule has 0 bridgehead atoms. The topological polar surface area (TPSA) is 69.7 Å². The van der Waals surface area contributed by atoms with Crippen LogP contribution in [0.25, 0.3) is 0 Å². The van der Waals surface area contributed by atoms with E-state index in [0.717, 1.165) is 5.56 Å². The zero-order valence-corrected chi connectivity index (χ0v) is 15.7. The molecule has 2 aromatic rings. The van der Waals surface area contributed by atoms with Crippen LogP contribution in [0.5, 0.6) is 0 Å². The molecule has 3 rings (SSSR count). The van der Waals surface area contributed by atoms with E-state index in [-0.39, 0.29) is 30.0 Å². The van der Waals surface area contributed by atoms with Crippen molar-refractivity contribution in [3.63, 3.8) is 0 Å². The number of nitrogens with one attached hydrogen (secondary N) is 1. The van der Waals surface area contributed by atoms with E-state index in [2.05, 4.69) is 5.32 Å². The Balaban J connectivity index is 1.55. The van der Waals surface area contributed by atoms with Crippen molar-refractivity contribution in [2.45, 2.75) is 13.3 Å². The van der Waals surface area contributed by atoms with Crippen LogP contribution in [0.1, 0.15) is 22.8 Å². The number of rotatable bonds is 4. The van der Waals surface area contributed by atoms with Crippen LogP contribution in [0.4, 0.5) is 10.1 Å². The fourth-order valence-corrected chi connectivity index (χ4v) is 3.16. The van der Waals surface area contributed by atoms with Gasteiger partial charge in [0.2, 0.25) is 11.8 Å². The zero-order valence-electron chi connectivity index (χ0n) is 15.7. The van der Waals surface area contributed by atoms with E-state index in [1.807, 2.05) is 0 Å². The van der Waals surface area contributed by atoms with Crippen molar-refractivity contribution in [2.24, 2.45) is 0 Å². The largest absolute Gasteiger partial charge is 0.339 e. The Morgan fingerprint density at radius 2 is 1.61 bits per heavy atom. The van der Waals surface area contributed by atoms with Gasteiger partial charge >= 0.3 is 0 Å². The van der Waals surface area contributed by atoms with Gasteiger partial charge in [-0.2, -0.15) is 0 Å². The molecule has 1 fully saturated rings. The maximum absolute atomic E-state index is 13.0. The lowest BCUT2D eigenvalue weighted by atomic mass is 10.1. The summed E-state index contributed by atoms with van der Waals surface area (Å²) in [5.74, 6) is -0.687. The van der Waals surface area contributed by atoms with Crippen molar-refractivity contribution >= 4 is 23.4 Å². The van der Waals surface area contributed by atoms with Crippen LogP contribution in [0, 0.1) is 5.82 Å². The van der Waals surface area contributed by atoms with Gasteiger partial charge in [0.15, 0.2) is 0 Å². The molecule has 1 saturated heterocycles. The van der Waals surface area contributed by atoms with Gasteiger partial charge < -0.3 is 15.1 Å². The molecule has 1 aliphatic heterocycles. The maximum atomic E-state index is 13.0. The molecule has 0 aromatic heterocycles. The van der Waals surface area contributed by atoms with E-state index in [1.165, 1.54) is 19.1 Å². The first-order chi connectivity index (χ1) is 13.4. The third-order valence-corrected chi connectivity index (χ3v) is 4.62. The van der Waals surface area contributed by atoms with Crippen LogP contribution in [-0.4, -0.2) is 53.7 Å². The van der Waals surface area contributed by atoms with Crippen LogP contribution in [0.2, 0.25) is 0 Å². The van der Waals surface area contributed by atoms with Gasteiger partial charge in [-0.1, -0.05) is 18.2 Å². The summed E-state index contributed by atoms with van der Waals surface area (Å²) in [7, 11) is 0. The van der Waals surface area contributed by atoms with E-state index >= 15 is 0 Å². The Kier molecular flexibility index (Phi) is 6.03. The lowest BCUT2D eigenvalue weighted by Crippen LogP contribution is -2.51. The van der Waals surface area contributed by atoms with Crippen molar-refractivity contribution < 1.29 is 18.8 Å². The fourth-order valence-electron chi connectivity index (χ4n) is 3.16. The molecule has 146 valence electrons. The average Bonchev–Trinajstić information content (AvgIpc) is 2.69. The van der Waals surface area contributed by atoms with Crippen molar-refractivity contribution in [1.29, 1.82) is 0 Å². The Bertz CT molecular complexity index is 875. The van der Waals surface area contributed by atoms with E-state index < -0.39 is 0 Å². The molecular weight excluding hydrogens is 361 g/mol. The number of carbonyl (C=O) groups excluding carboxylic acids is 3. The minimum atomic E-state index is -0.328. The van der Waals surface area contributed by atoms with Crippen molar-refractivity contribution in [1.82, 2.24) is 9.80 Å². The Hall–Kier alpha value is -3.22. The molecule has 0 unspecified atom stereocenters. The highest BCUT2D eigenvalue weighted by molar-refractivity contribution is 5.97. The second kappa shape index (κ2) is 8.65. The summed E-state index contributed by atoms with van der Waals surface area (Å²) in [6.45, 7) is 3.21. The third kappa shape index (κ3) is 4.94. The lowest BCUT2D eigenvalue weighted by molar-refractivity contribution is -0.131. The molecule has 0 spiro atoms. The highest BCUT2D eigenvalue weighted by Crippen LogP contribution is 2.15. The van der Waals surface area contributed by atoms with Crippen LogP contribution in [0.3, 0.4) is 0 Å². The molecule has 1 N–H and O–H groups in total. The predicted molar refractivity (Wildman–Crippen MR) is 103 cm³/mol. The molecule has 28 heavy (non-hydrogen) atoms. The fraction of sp³-hybridized carbons (Fsp3) is 0.286. The number of nitrogens with zero attached hydrogens (tertiary/aromatic N) is 2. The molecule has 0 atom stereocenters. The van der Waals surface area contributed by atoms with Gasteiger partial charge in [-0.05, 0) is 35.9 Å². The van der Waals surface area contributed by atoms with Crippen LogP contribution in [0.15, 0.2) is 48.5 Å². The number of amides is 3. The van der Waals surface area contributed by atoms with Crippen molar-refractivity contribution in [2.75, 3.05) is 31.5 Å². The van der Waals surface area contributed by atoms with Gasteiger partial charge in [-0.15, -0.1) is 0 Å². The number of carbonyl (C=O) groups is 3. The lowest BCUT2D eigenvalue weighted by Gasteiger charge is -2.35. The number of anilines is 1. The monoisotopic (exact) mass is 383 g/mol. The molecule has 0 aliphatic carbocycles. The number of halogens is 1. The third-order valence-electron chi connectivity index (χ3n) is 4.62. The molecule has 7 heteroatoms. The molecule has 1 aliphatic rings. The summed E-state index contributed by atoms with van der Waals surface area (Å²) >= 11 is 0. The highest BCUT2D eigenvalue weighted by Gasteiger charge is 2.25. The van der Waals surface area contributed by atoms with E-state index in [1.54, 1.807) is 46.2 Å². The molecule has 0 saturated carbocycles. The van der Waals surface area contributed by atoms with Gasteiger partial charge in [-0.3, -0.25) is 14.4 Å². The number of hydrogen-bond acceptors (Lipinski definition) is 3. The summed E-state index contributed by atoms with van der Waals surface area (Å²) in [4.78, 5) is 39.8. The summed E-state index contributed by atoms with van der Waals surface area (Å²) in [6, 6.07) is 12.7. The predicted octanol–water partition coefficient (Wildman–Crippen LogP) is 2.31. The average molecular weight is 383 g/mol. The first-order valence-electron chi connectivity index (χ1n) is 9.11. The summed E-state index contributed by atoms with van der Waals surface area (Å²) in [6.07, 6.45) is 0.215. The van der Waals surface area contributed by atoms with Crippen LogP contribution < -0.4 is 5.32 Å². The molecule has 1 heterocycles. The number of hydrogen-bond donors (Lipinski definition) is 1. The van der Waals surface area contributed by atoms with Crippen molar-refractivity contribution in [3.05, 3.63) is 65.5 Å². The Morgan fingerprint density at radius 3 is 2.25 bits per heavy atom. The van der Waals surface area contributed by atoms with E-state index in [4.69, 9.17) is 0 Å². The van der Waals surface area contributed by atoms with Gasteiger partial charge in [0.25, 0.3) is 5.91 Å². The first kappa shape index (κ1) is 19.5.